The molecule has 0 aromatic heterocycles. The molecule has 0 aromatic carbocycles. The maximum atomic E-state index is 0. The van der Waals surface area contributed by atoms with Crippen LogP contribution in [0.3, 0.4) is 0 Å². The van der Waals surface area contributed by atoms with Gasteiger partial charge >= 0.3 is 88.7 Å². The Morgan fingerprint density at radius 2 is 0.750 bits per heavy atom. The molecule has 0 aliphatic carbocycles. The van der Waals surface area contributed by atoms with Gasteiger partial charge in [-0.2, -0.15) is 0 Å². The maximum Gasteiger partial charge on any atom is 1.00 e. The minimum absolute atomic E-state index is 0. The summed E-state index contributed by atoms with van der Waals surface area (Å²) in [5.74, 6) is 0. The molecule has 0 saturated heterocycles. The molecule has 11 valence electrons. The average Bonchev–Trinajstić information content (AvgIpc) is 0. The van der Waals surface area contributed by atoms with E-state index in [0.717, 1.165) is 0 Å². The van der Waals surface area contributed by atoms with Crippen LogP contribution >= 0.6 is 0 Å². The Kier molecular flexibility index (Phi) is 97.8. The largest absolute Gasteiger partial charge is 1.00 e. The van der Waals surface area contributed by atoms with Gasteiger partial charge in [-0.3, -0.25) is 0 Å². The van der Waals surface area contributed by atoms with E-state index in [1.54, 1.807) is 0 Å². The molecule has 0 nitrogen and oxygen atoms in total. The second-order valence-corrected chi connectivity index (χ2v) is 0. The minimum atomic E-state index is 0. The molecule has 0 fully saturated rings. The van der Waals surface area contributed by atoms with E-state index in [4.69, 9.17) is 0 Å². The summed E-state index contributed by atoms with van der Waals surface area (Å²) in [6, 6.07) is 0. The van der Waals surface area contributed by atoms with Crippen molar-refractivity contribution < 1.29 is 93.0 Å². The SMILES string of the molecule is [Bi].[H-].[H-].[H-].[Na+].[Na+].[Na+]. The summed E-state index contributed by atoms with van der Waals surface area (Å²) in [5, 5.41) is 0. The molecule has 0 spiro atoms. The monoisotopic (exact) mass is 281 g/mol. The van der Waals surface area contributed by atoms with Gasteiger partial charge in [0.15, 0.2) is 0 Å². The Hall–Kier alpha value is 3.88. The van der Waals surface area contributed by atoms with Crippen LogP contribution in [0.2, 0.25) is 0 Å². The van der Waals surface area contributed by atoms with Gasteiger partial charge in [0.05, 0.1) is 0 Å². The molecule has 0 atom stereocenters. The van der Waals surface area contributed by atoms with Gasteiger partial charge in [-0.15, -0.1) is 0 Å². The molecular weight excluding hydrogens is 278 g/mol. The van der Waals surface area contributed by atoms with Crippen LogP contribution in [0, 0.1) is 0 Å². The molecule has 0 saturated carbocycles. The second-order valence-electron chi connectivity index (χ2n) is 0. The van der Waals surface area contributed by atoms with E-state index in [2.05, 4.69) is 0 Å². The molecule has 0 unspecified atom stereocenters. The van der Waals surface area contributed by atoms with Gasteiger partial charge in [0.2, 0.25) is 0 Å². The predicted molar refractivity (Wildman–Crippen MR) is 9.09 cm³/mol. The van der Waals surface area contributed by atoms with E-state index in [1.165, 1.54) is 0 Å². The second kappa shape index (κ2) is 15.8. The van der Waals surface area contributed by atoms with Crippen molar-refractivity contribution in [1.82, 2.24) is 0 Å². The van der Waals surface area contributed by atoms with E-state index in [9.17, 15) is 0 Å². The first-order valence-electron chi connectivity index (χ1n) is 0. The van der Waals surface area contributed by atoms with Crippen LogP contribution in [0.5, 0.6) is 0 Å². The fraction of sp³-hybridized carbons (Fsp3) is 0. The van der Waals surface area contributed by atoms with Gasteiger partial charge in [-0.05, 0) is 0 Å². The topological polar surface area (TPSA) is 0 Å². The van der Waals surface area contributed by atoms with Crippen LogP contribution in [0.4, 0.5) is 0 Å². The molecule has 0 N–H and O–H groups in total. The predicted octanol–water partition coefficient (Wildman–Crippen LogP) is -9.03. The van der Waals surface area contributed by atoms with E-state index < -0.39 is 0 Å². The Labute approximate surface area is 116 Å². The van der Waals surface area contributed by atoms with Gasteiger partial charge < -0.3 is 4.28 Å². The molecule has 3 radical (unpaired) electrons. The number of hydrogen-bond donors (Lipinski definition) is 0. The van der Waals surface area contributed by atoms with Crippen LogP contribution in [0.1, 0.15) is 4.28 Å². The van der Waals surface area contributed by atoms with Crippen molar-refractivity contribution in [3.63, 3.8) is 0 Å². The first-order valence-corrected chi connectivity index (χ1v) is 0. The van der Waals surface area contributed by atoms with Crippen LogP contribution in [-0.2, 0) is 0 Å². The number of hydrogen-bond acceptors (Lipinski definition) is 0. The van der Waals surface area contributed by atoms with Gasteiger partial charge in [0.1, 0.15) is 0 Å². The fourth-order valence-corrected chi connectivity index (χ4v) is 0. The maximum absolute atomic E-state index is 0. The van der Waals surface area contributed by atoms with E-state index >= 15 is 0 Å². The van der Waals surface area contributed by atoms with Crippen molar-refractivity contribution in [2.45, 2.75) is 0 Å². The summed E-state index contributed by atoms with van der Waals surface area (Å²) in [6.07, 6.45) is 0. The Bertz CT molecular complexity index is 10.1. The number of rotatable bonds is 0. The molecule has 0 amide bonds. The smallest absolute Gasteiger partial charge is 1.00 e. The molecule has 0 aromatic rings. The third-order valence-electron chi connectivity index (χ3n) is 0. The van der Waals surface area contributed by atoms with Crippen LogP contribution < -0.4 is 88.7 Å². The molecule has 0 bridgehead atoms. The van der Waals surface area contributed by atoms with Crippen molar-refractivity contribution >= 4 is 26.2 Å². The summed E-state index contributed by atoms with van der Waals surface area (Å²) in [7, 11) is 0. The molecule has 0 heterocycles. The summed E-state index contributed by atoms with van der Waals surface area (Å²) < 4.78 is 0. The van der Waals surface area contributed by atoms with E-state index in [1.807, 2.05) is 0 Å². The molecule has 0 aliphatic rings. The summed E-state index contributed by atoms with van der Waals surface area (Å²) in [6.45, 7) is 0. The van der Waals surface area contributed by atoms with E-state index in [0.29, 0.717) is 0 Å². The summed E-state index contributed by atoms with van der Waals surface area (Å²) in [4.78, 5) is 0. The van der Waals surface area contributed by atoms with Crippen molar-refractivity contribution in [3.05, 3.63) is 0 Å². The van der Waals surface area contributed by atoms with Crippen molar-refractivity contribution in [2.75, 3.05) is 0 Å². The van der Waals surface area contributed by atoms with Crippen LogP contribution in [-0.4, -0.2) is 26.2 Å². The van der Waals surface area contributed by atoms with Gasteiger partial charge in [-0.1, -0.05) is 0 Å². The van der Waals surface area contributed by atoms with Crippen molar-refractivity contribution in [1.29, 1.82) is 0 Å². The zero-order valence-electron chi connectivity index (χ0n) is 6.45. The average molecular weight is 281 g/mol. The normalized spacial score (nSPS) is 0. The molecular formula is H3BiNa3. The third-order valence-corrected chi connectivity index (χ3v) is 0. The van der Waals surface area contributed by atoms with Crippen molar-refractivity contribution in [3.8, 4) is 0 Å². The van der Waals surface area contributed by atoms with Gasteiger partial charge in [0, 0.05) is 26.2 Å². The first kappa shape index (κ1) is 24.8. The zero-order chi connectivity index (χ0) is 0. The van der Waals surface area contributed by atoms with Crippen LogP contribution in [0.15, 0.2) is 0 Å². The summed E-state index contributed by atoms with van der Waals surface area (Å²) in [5.41, 5.74) is 0. The molecule has 0 aliphatic heterocycles. The summed E-state index contributed by atoms with van der Waals surface area (Å²) >= 11 is 0. The Balaban J connectivity index is 0. The quantitative estimate of drug-likeness (QED) is 0.387. The first-order chi connectivity index (χ1) is 0. The third kappa shape index (κ3) is 9.30. The van der Waals surface area contributed by atoms with Crippen LogP contribution in [0.25, 0.3) is 0 Å². The minimum Gasteiger partial charge on any atom is -1.00 e. The molecule has 4 heteroatoms. The Morgan fingerprint density at radius 3 is 0.750 bits per heavy atom. The van der Waals surface area contributed by atoms with Crippen molar-refractivity contribution in [2.24, 2.45) is 0 Å². The van der Waals surface area contributed by atoms with Gasteiger partial charge in [0.25, 0.3) is 0 Å². The fourth-order valence-electron chi connectivity index (χ4n) is 0. The molecule has 0 rings (SSSR count). The van der Waals surface area contributed by atoms with Gasteiger partial charge in [-0.25, -0.2) is 0 Å². The van der Waals surface area contributed by atoms with E-state index in [-0.39, 0.29) is 119 Å². The standard InChI is InChI=1S/Bi.3Na.3H/q;3*+1;3*-1. The Morgan fingerprint density at radius 1 is 0.750 bits per heavy atom. The zero-order valence-corrected chi connectivity index (χ0v) is 12.9. The molecule has 4 heavy (non-hydrogen) atoms.